The lowest BCUT2D eigenvalue weighted by atomic mass is 9.85. The molecule has 3 unspecified atom stereocenters. The summed E-state index contributed by atoms with van der Waals surface area (Å²) >= 11 is 0. The van der Waals surface area contributed by atoms with Crippen LogP contribution >= 0.6 is 0 Å². The molecule has 0 bridgehead atoms. The Morgan fingerprint density at radius 3 is 2.29 bits per heavy atom. The van der Waals surface area contributed by atoms with Gasteiger partial charge in [0.15, 0.2) is 11.5 Å². The maximum atomic E-state index is 12.6. The molecule has 1 aromatic carbocycles. The predicted octanol–water partition coefficient (Wildman–Crippen LogP) is 2.57. The molecular weight excluding hydrogens is 374 g/mol. The SMILES string of the molecule is COc1ccc(NC(=O)C(C)N2C(=O)C3CC=CCC3C2=O)cc1OC(F)F. The number of nitrogens with one attached hydrogen (secondary N) is 1. The van der Waals surface area contributed by atoms with Gasteiger partial charge in [0.05, 0.1) is 18.9 Å². The highest BCUT2D eigenvalue weighted by Crippen LogP contribution is 2.36. The first-order chi connectivity index (χ1) is 13.3. The fourth-order valence-corrected chi connectivity index (χ4v) is 3.51. The lowest BCUT2D eigenvalue weighted by molar-refractivity contribution is -0.146. The van der Waals surface area contributed by atoms with Crippen molar-refractivity contribution in [1.82, 2.24) is 4.90 Å². The van der Waals surface area contributed by atoms with Crippen LogP contribution in [0.5, 0.6) is 11.5 Å². The molecule has 3 amide bonds. The highest BCUT2D eigenvalue weighted by Gasteiger charge is 2.50. The number of amides is 3. The number of ether oxygens (including phenoxy) is 2. The second-order valence-electron chi connectivity index (χ2n) is 6.61. The molecule has 9 heteroatoms. The number of hydrogen-bond donors (Lipinski definition) is 1. The number of carbonyl (C=O) groups is 3. The lowest BCUT2D eigenvalue weighted by Gasteiger charge is -2.22. The monoisotopic (exact) mass is 394 g/mol. The molecule has 1 fully saturated rings. The summed E-state index contributed by atoms with van der Waals surface area (Å²) in [6.07, 6.45) is 4.69. The maximum absolute atomic E-state index is 12.6. The second kappa shape index (κ2) is 7.95. The van der Waals surface area contributed by atoms with Gasteiger partial charge in [-0.2, -0.15) is 8.78 Å². The minimum absolute atomic E-state index is 0.0767. The van der Waals surface area contributed by atoms with Crippen LogP contribution in [0.25, 0.3) is 0 Å². The largest absolute Gasteiger partial charge is 0.493 e. The molecule has 3 rings (SSSR count). The van der Waals surface area contributed by atoms with Crippen molar-refractivity contribution in [3.63, 3.8) is 0 Å². The molecule has 1 aliphatic heterocycles. The van der Waals surface area contributed by atoms with Crippen LogP contribution in [0.2, 0.25) is 0 Å². The smallest absolute Gasteiger partial charge is 0.387 e. The highest BCUT2D eigenvalue weighted by molar-refractivity contribution is 6.10. The Hall–Kier alpha value is -2.97. The molecule has 1 aliphatic carbocycles. The average Bonchev–Trinajstić information content (AvgIpc) is 2.92. The van der Waals surface area contributed by atoms with Crippen LogP contribution in [0.1, 0.15) is 19.8 Å². The third kappa shape index (κ3) is 3.69. The molecular formula is C19H20F2N2O5. The molecule has 2 aliphatic rings. The van der Waals surface area contributed by atoms with Gasteiger partial charge < -0.3 is 14.8 Å². The fraction of sp³-hybridized carbons (Fsp3) is 0.421. The molecule has 1 aromatic rings. The number of halogens is 2. The zero-order chi connectivity index (χ0) is 20.4. The number of rotatable bonds is 6. The number of carbonyl (C=O) groups excluding carboxylic acids is 3. The van der Waals surface area contributed by atoms with Gasteiger partial charge >= 0.3 is 6.61 Å². The Morgan fingerprint density at radius 2 is 1.75 bits per heavy atom. The van der Waals surface area contributed by atoms with E-state index >= 15 is 0 Å². The summed E-state index contributed by atoms with van der Waals surface area (Å²) in [5.74, 6) is -2.36. The van der Waals surface area contributed by atoms with Crippen LogP contribution in [-0.2, 0) is 14.4 Å². The van der Waals surface area contributed by atoms with Crippen molar-refractivity contribution < 1.29 is 32.6 Å². The van der Waals surface area contributed by atoms with Gasteiger partial charge in [-0.3, -0.25) is 19.3 Å². The van der Waals surface area contributed by atoms with Crippen molar-refractivity contribution in [3.05, 3.63) is 30.4 Å². The molecule has 3 atom stereocenters. The van der Waals surface area contributed by atoms with Crippen LogP contribution in [0, 0.1) is 11.8 Å². The van der Waals surface area contributed by atoms with E-state index in [1.807, 2.05) is 12.2 Å². The van der Waals surface area contributed by atoms with Crippen LogP contribution in [0.15, 0.2) is 30.4 Å². The summed E-state index contributed by atoms with van der Waals surface area (Å²) in [4.78, 5) is 38.7. The molecule has 7 nitrogen and oxygen atoms in total. The van der Waals surface area contributed by atoms with Crippen molar-refractivity contribution in [2.24, 2.45) is 11.8 Å². The minimum atomic E-state index is -3.06. The van der Waals surface area contributed by atoms with Gasteiger partial charge in [0.1, 0.15) is 6.04 Å². The number of fused-ring (bicyclic) bond motifs is 1. The number of alkyl halides is 2. The van der Waals surface area contributed by atoms with Crippen LogP contribution in [-0.4, -0.2) is 42.4 Å². The first-order valence-electron chi connectivity index (χ1n) is 8.79. The number of benzene rings is 1. The van der Waals surface area contributed by atoms with E-state index < -0.39 is 30.4 Å². The summed E-state index contributed by atoms with van der Waals surface area (Å²) in [5, 5.41) is 2.52. The Balaban J connectivity index is 1.74. The van der Waals surface area contributed by atoms with E-state index in [1.54, 1.807) is 0 Å². The summed E-state index contributed by atoms with van der Waals surface area (Å²) in [6, 6.07) is 2.96. The van der Waals surface area contributed by atoms with Gasteiger partial charge in [0, 0.05) is 11.8 Å². The van der Waals surface area contributed by atoms with Crippen molar-refractivity contribution in [2.45, 2.75) is 32.4 Å². The van der Waals surface area contributed by atoms with Crippen molar-refractivity contribution in [3.8, 4) is 11.5 Å². The van der Waals surface area contributed by atoms with E-state index in [-0.39, 0.29) is 29.0 Å². The Kier molecular flexibility index (Phi) is 5.62. The van der Waals surface area contributed by atoms with Crippen LogP contribution < -0.4 is 14.8 Å². The van der Waals surface area contributed by atoms with E-state index in [4.69, 9.17) is 4.74 Å². The van der Waals surface area contributed by atoms with E-state index in [0.717, 1.165) is 4.90 Å². The maximum Gasteiger partial charge on any atom is 0.387 e. The molecule has 1 heterocycles. The molecule has 0 radical (unpaired) electrons. The third-order valence-corrected chi connectivity index (χ3v) is 4.96. The molecule has 0 aromatic heterocycles. The summed E-state index contributed by atoms with van der Waals surface area (Å²) in [7, 11) is 1.30. The van der Waals surface area contributed by atoms with Crippen LogP contribution in [0.3, 0.4) is 0 Å². The predicted molar refractivity (Wildman–Crippen MR) is 94.9 cm³/mol. The number of allylic oxidation sites excluding steroid dienone is 2. The van der Waals surface area contributed by atoms with Gasteiger partial charge in [-0.05, 0) is 31.9 Å². The Bertz CT molecular complexity index is 801. The number of imide groups is 1. The van der Waals surface area contributed by atoms with Gasteiger partial charge in [-0.15, -0.1) is 0 Å². The van der Waals surface area contributed by atoms with Crippen molar-refractivity contribution >= 4 is 23.4 Å². The summed E-state index contributed by atoms with van der Waals surface area (Å²) < 4.78 is 34.4. The van der Waals surface area contributed by atoms with Gasteiger partial charge in [0.25, 0.3) is 0 Å². The van der Waals surface area contributed by atoms with Gasteiger partial charge in [-0.25, -0.2) is 0 Å². The van der Waals surface area contributed by atoms with Gasteiger partial charge in [-0.1, -0.05) is 12.2 Å². The standard InChI is InChI=1S/C19H20F2N2O5/c1-10(23-17(25)12-5-3-4-6-13(12)18(23)26)16(24)22-11-7-8-14(27-2)15(9-11)28-19(20)21/h3-4,7-10,12-13,19H,5-6H2,1-2H3,(H,22,24). The van der Waals surface area contributed by atoms with E-state index in [0.29, 0.717) is 12.8 Å². The Morgan fingerprint density at radius 1 is 1.14 bits per heavy atom. The molecule has 28 heavy (non-hydrogen) atoms. The minimum Gasteiger partial charge on any atom is -0.493 e. The summed E-state index contributed by atoms with van der Waals surface area (Å²) in [6.45, 7) is -1.61. The molecule has 0 spiro atoms. The second-order valence-corrected chi connectivity index (χ2v) is 6.61. The number of nitrogens with zero attached hydrogens (tertiary/aromatic N) is 1. The zero-order valence-electron chi connectivity index (χ0n) is 15.4. The zero-order valence-corrected chi connectivity index (χ0v) is 15.4. The normalized spacial score (nSPS) is 22.2. The molecule has 1 saturated heterocycles. The number of likely N-dealkylation sites (tertiary alicyclic amines) is 1. The van der Waals surface area contributed by atoms with E-state index in [2.05, 4.69) is 10.1 Å². The fourth-order valence-electron chi connectivity index (χ4n) is 3.51. The molecule has 1 N–H and O–H groups in total. The third-order valence-electron chi connectivity index (χ3n) is 4.96. The lowest BCUT2D eigenvalue weighted by Crippen LogP contribution is -2.46. The Labute approximate surface area is 160 Å². The number of methoxy groups -OCH3 is 1. The first-order valence-corrected chi connectivity index (χ1v) is 8.79. The quantitative estimate of drug-likeness (QED) is 0.592. The highest BCUT2D eigenvalue weighted by atomic mass is 19.3. The van der Waals surface area contributed by atoms with Gasteiger partial charge in [0.2, 0.25) is 17.7 Å². The number of hydrogen-bond acceptors (Lipinski definition) is 5. The first kappa shape index (κ1) is 19.8. The van der Waals surface area contributed by atoms with Crippen LogP contribution in [0.4, 0.5) is 14.5 Å². The number of anilines is 1. The molecule has 150 valence electrons. The summed E-state index contributed by atoms with van der Waals surface area (Å²) in [5.41, 5.74) is 0.173. The topological polar surface area (TPSA) is 84.9 Å². The van der Waals surface area contributed by atoms with E-state index in [1.165, 1.54) is 32.2 Å². The van der Waals surface area contributed by atoms with E-state index in [9.17, 15) is 23.2 Å². The average molecular weight is 394 g/mol. The van der Waals surface area contributed by atoms with Crippen molar-refractivity contribution in [2.75, 3.05) is 12.4 Å². The molecule has 0 saturated carbocycles. The van der Waals surface area contributed by atoms with Crippen molar-refractivity contribution in [1.29, 1.82) is 0 Å².